The number of nitrogens with zero attached hydrogens (tertiary/aromatic N) is 2. The standard InChI is InChI=1S/C23H30N2O2S/c1-3-5-17-28(26,27)24-18-21-13-9-10-14-23(21)25(4-2)22(19-24)16-15-20-11-7-6-8-12-20/h3,5-14,22H,4,15-19H2,1-2H3/b5-3-. The summed E-state index contributed by atoms with van der Waals surface area (Å²) in [5.74, 6) is 0.0587. The molecule has 1 aliphatic heterocycles. The predicted molar refractivity (Wildman–Crippen MR) is 117 cm³/mol. The Balaban J connectivity index is 1.91. The van der Waals surface area contributed by atoms with Gasteiger partial charge in [-0.2, -0.15) is 4.31 Å². The van der Waals surface area contributed by atoms with Crippen molar-refractivity contribution in [3.05, 3.63) is 77.9 Å². The first-order chi connectivity index (χ1) is 13.5. The predicted octanol–water partition coefficient (Wildman–Crippen LogP) is 4.24. The minimum absolute atomic E-state index is 0.0587. The minimum Gasteiger partial charge on any atom is -0.367 e. The lowest BCUT2D eigenvalue weighted by molar-refractivity contribution is 0.373. The van der Waals surface area contributed by atoms with Crippen LogP contribution in [0.25, 0.3) is 0 Å². The first-order valence-electron chi connectivity index (χ1n) is 10.0. The number of sulfonamides is 1. The zero-order valence-corrected chi connectivity index (χ0v) is 17.6. The van der Waals surface area contributed by atoms with Gasteiger partial charge in [-0.25, -0.2) is 8.42 Å². The number of likely N-dealkylation sites (N-methyl/N-ethyl adjacent to an activating group) is 1. The number of rotatable bonds is 7. The van der Waals surface area contributed by atoms with Gasteiger partial charge in [0.15, 0.2) is 0 Å². The van der Waals surface area contributed by atoms with E-state index in [-0.39, 0.29) is 11.8 Å². The van der Waals surface area contributed by atoms with Crippen molar-refractivity contribution in [2.75, 3.05) is 23.7 Å². The smallest absolute Gasteiger partial charge is 0.218 e. The average Bonchev–Trinajstić information content (AvgIpc) is 2.88. The number of fused-ring (bicyclic) bond motifs is 1. The van der Waals surface area contributed by atoms with E-state index in [1.165, 1.54) is 5.56 Å². The number of para-hydroxylation sites is 1. The van der Waals surface area contributed by atoms with Crippen molar-refractivity contribution in [1.82, 2.24) is 4.31 Å². The number of benzene rings is 2. The first kappa shape index (κ1) is 20.6. The first-order valence-corrected chi connectivity index (χ1v) is 11.6. The van der Waals surface area contributed by atoms with E-state index < -0.39 is 10.0 Å². The highest BCUT2D eigenvalue weighted by Gasteiger charge is 2.32. The summed E-state index contributed by atoms with van der Waals surface area (Å²) in [5, 5.41) is 0. The molecule has 150 valence electrons. The van der Waals surface area contributed by atoms with Crippen LogP contribution in [-0.4, -0.2) is 37.6 Å². The molecule has 0 bridgehead atoms. The lowest BCUT2D eigenvalue weighted by Gasteiger charge is -2.33. The Labute approximate surface area is 169 Å². The Kier molecular flexibility index (Phi) is 6.92. The molecule has 1 aliphatic rings. The molecule has 28 heavy (non-hydrogen) atoms. The summed E-state index contributed by atoms with van der Waals surface area (Å²) in [7, 11) is -3.34. The Hall–Kier alpha value is -2.11. The largest absolute Gasteiger partial charge is 0.367 e. The summed E-state index contributed by atoms with van der Waals surface area (Å²) >= 11 is 0. The molecule has 4 nitrogen and oxygen atoms in total. The second-order valence-corrected chi connectivity index (χ2v) is 9.25. The van der Waals surface area contributed by atoms with Crippen molar-refractivity contribution in [2.24, 2.45) is 0 Å². The highest BCUT2D eigenvalue weighted by atomic mass is 32.2. The van der Waals surface area contributed by atoms with Gasteiger partial charge >= 0.3 is 0 Å². The second-order valence-electron chi connectivity index (χ2n) is 7.23. The Morgan fingerprint density at radius 3 is 2.50 bits per heavy atom. The van der Waals surface area contributed by atoms with Crippen molar-refractivity contribution in [3.63, 3.8) is 0 Å². The highest BCUT2D eigenvalue weighted by molar-refractivity contribution is 7.89. The maximum atomic E-state index is 13.0. The molecule has 0 saturated carbocycles. The molecule has 0 N–H and O–H groups in total. The molecule has 3 rings (SSSR count). The molecular weight excluding hydrogens is 368 g/mol. The van der Waals surface area contributed by atoms with Crippen LogP contribution < -0.4 is 4.90 Å². The summed E-state index contributed by atoms with van der Waals surface area (Å²) in [6.07, 6.45) is 5.38. The molecule has 0 saturated heterocycles. The summed E-state index contributed by atoms with van der Waals surface area (Å²) in [5.41, 5.74) is 3.53. The summed E-state index contributed by atoms with van der Waals surface area (Å²) in [6, 6.07) is 18.8. The van der Waals surface area contributed by atoms with E-state index in [9.17, 15) is 8.42 Å². The summed E-state index contributed by atoms with van der Waals surface area (Å²) < 4.78 is 27.6. The molecule has 0 spiro atoms. The molecule has 0 radical (unpaired) electrons. The fourth-order valence-corrected chi connectivity index (χ4v) is 5.28. The highest BCUT2D eigenvalue weighted by Crippen LogP contribution is 2.30. The number of hydrogen-bond acceptors (Lipinski definition) is 3. The van der Waals surface area contributed by atoms with E-state index in [2.05, 4.69) is 48.2 Å². The molecule has 2 aromatic rings. The fraction of sp³-hybridized carbons (Fsp3) is 0.391. The van der Waals surface area contributed by atoms with Gasteiger partial charge in [-0.1, -0.05) is 60.7 Å². The minimum atomic E-state index is -3.34. The maximum Gasteiger partial charge on any atom is 0.218 e. The van der Waals surface area contributed by atoms with E-state index in [1.807, 2.05) is 25.1 Å². The Bertz CT molecular complexity index is 894. The van der Waals surface area contributed by atoms with Crippen molar-refractivity contribution >= 4 is 15.7 Å². The van der Waals surface area contributed by atoms with Crippen LogP contribution in [0.2, 0.25) is 0 Å². The van der Waals surface area contributed by atoms with E-state index in [0.717, 1.165) is 30.6 Å². The van der Waals surface area contributed by atoms with Crippen LogP contribution in [0.5, 0.6) is 0 Å². The lowest BCUT2D eigenvalue weighted by Crippen LogP contribution is -2.44. The molecule has 1 unspecified atom stereocenters. The van der Waals surface area contributed by atoms with Crippen molar-refractivity contribution in [3.8, 4) is 0 Å². The maximum absolute atomic E-state index is 13.0. The van der Waals surface area contributed by atoms with Crippen molar-refractivity contribution in [2.45, 2.75) is 39.3 Å². The van der Waals surface area contributed by atoms with E-state index in [4.69, 9.17) is 0 Å². The van der Waals surface area contributed by atoms with E-state index in [1.54, 1.807) is 16.5 Å². The SMILES string of the molecule is C/C=C\CS(=O)(=O)N1Cc2ccccc2N(CC)C(CCc2ccccc2)C1. The van der Waals surface area contributed by atoms with Crippen LogP contribution in [0, 0.1) is 0 Å². The monoisotopic (exact) mass is 398 g/mol. The molecule has 1 atom stereocenters. The number of hydrogen-bond donors (Lipinski definition) is 0. The van der Waals surface area contributed by atoms with Gasteiger partial charge in [0.1, 0.15) is 0 Å². The molecular formula is C23H30N2O2S. The summed E-state index contributed by atoms with van der Waals surface area (Å²) in [4.78, 5) is 2.38. The van der Waals surface area contributed by atoms with Crippen LogP contribution >= 0.6 is 0 Å². The van der Waals surface area contributed by atoms with Crippen LogP contribution in [0.3, 0.4) is 0 Å². The van der Waals surface area contributed by atoms with Gasteiger partial charge in [-0.15, -0.1) is 0 Å². The Morgan fingerprint density at radius 2 is 1.79 bits per heavy atom. The van der Waals surface area contributed by atoms with Gasteiger partial charge in [-0.05, 0) is 43.9 Å². The number of aryl methyl sites for hydroxylation is 1. The van der Waals surface area contributed by atoms with Crippen LogP contribution in [0.15, 0.2) is 66.7 Å². The van der Waals surface area contributed by atoms with E-state index in [0.29, 0.717) is 13.1 Å². The fourth-order valence-electron chi connectivity index (χ4n) is 3.90. The average molecular weight is 399 g/mol. The third kappa shape index (κ3) is 4.83. The molecule has 2 aromatic carbocycles. The van der Waals surface area contributed by atoms with Crippen LogP contribution in [0.1, 0.15) is 31.4 Å². The molecule has 0 amide bonds. The van der Waals surface area contributed by atoms with Gasteiger partial charge in [0, 0.05) is 31.4 Å². The third-order valence-corrected chi connectivity index (χ3v) is 7.07. The van der Waals surface area contributed by atoms with Crippen LogP contribution in [-0.2, 0) is 23.0 Å². The van der Waals surface area contributed by atoms with Gasteiger partial charge in [0.05, 0.1) is 5.75 Å². The van der Waals surface area contributed by atoms with Crippen LogP contribution in [0.4, 0.5) is 5.69 Å². The van der Waals surface area contributed by atoms with E-state index >= 15 is 0 Å². The van der Waals surface area contributed by atoms with Gasteiger partial charge in [0.25, 0.3) is 0 Å². The normalized spacial score (nSPS) is 18.2. The quantitative estimate of drug-likeness (QED) is 0.655. The Morgan fingerprint density at radius 1 is 1.07 bits per heavy atom. The second kappa shape index (κ2) is 9.39. The molecule has 0 aromatic heterocycles. The van der Waals surface area contributed by atoms with Gasteiger partial charge in [-0.3, -0.25) is 0 Å². The van der Waals surface area contributed by atoms with Crippen molar-refractivity contribution < 1.29 is 8.42 Å². The third-order valence-electron chi connectivity index (χ3n) is 5.39. The molecule has 0 aliphatic carbocycles. The molecule has 0 fully saturated rings. The zero-order valence-electron chi connectivity index (χ0n) is 16.8. The number of anilines is 1. The lowest BCUT2D eigenvalue weighted by atomic mass is 10.0. The zero-order chi connectivity index (χ0) is 20.0. The summed E-state index contributed by atoms with van der Waals surface area (Å²) in [6.45, 7) is 5.83. The topological polar surface area (TPSA) is 40.6 Å². The van der Waals surface area contributed by atoms with Gasteiger partial charge < -0.3 is 4.90 Å². The molecule has 5 heteroatoms. The molecule has 1 heterocycles. The van der Waals surface area contributed by atoms with Gasteiger partial charge in [0.2, 0.25) is 10.0 Å². The number of allylic oxidation sites excluding steroid dienone is 1. The van der Waals surface area contributed by atoms with Crippen molar-refractivity contribution in [1.29, 1.82) is 0 Å².